The monoisotopic (exact) mass is 293 g/mol. The minimum Gasteiger partial charge on any atom is -0.508 e. The molecule has 0 heterocycles. The zero-order valence-electron chi connectivity index (χ0n) is 11.6. The van der Waals surface area contributed by atoms with Crippen molar-refractivity contribution in [3.63, 3.8) is 0 Å². The summed E-state index contributed by atoms with van der Waals surface area (Å²) in [7, 11) is 0. The normalized spacial score (nSPS) is 12.2. The molecule has 0 saturated carbocycles. The molecule has 2 aromatic rings. The minimum absolute atomic E-state index is 0.0250. The fraction of sp³-hybridized carbons (Fsp3) is 0.250. The van der Waals surface area contributed by atoms with Crippen LogP contribution < -0.4 is 10.1 Å². The number of phenols is 1. The molecule has 21 heavy (non-hydrogen) atoms. The van der Waals surface area contributed by atoms with Gasteiger partial charge in [-0.1, -0.05) is 24.3 Å². The minimum atomic E-state index is -2.85. The average Bonchev–Trinajstić information content (AvgIpc) is 2.43. The lowest BCUT2D eigenvalue weighted by molar-refractivity contribution is -0.0493. The molecule has 0 amide bonds. The first-order valence-electron chi connectivity index (χ1n) is 6.63. The van der Waals surface area contributed by atoms with E-state index in [9.17, 15) is 13.9 Å². The number of halogens is 2. The molecule has 0 bridgehead atoms. The van der Waals surface area contributed by atoms with Gasteiger partial charge in [-0.05, 0) is 43.2 Å². The van der Waals surface area contributed by atoms with Crippen LogP contribution in [0.15, 0.2) is 48.5 Å². The van der Waals surface area contributed by atoms with Gasteiger partial charge in [-0.25, -0.2) is 0 Å². The van der Waals surface area contributed by atoms with Crippen molar-refractivity contribution in [2.75, 3.05) is 5.32 Å². The Morgan fingerprint density at radius 3 is 2.43 bits per heavy atom. The molecule has 0 aliphatic heterocycles. The lowest BCUT2D eigenvalue weighted by Gasteiger charge is -2.18. The van der Waals surface area contributed by atoms with Crippen molar-refractivity contribution in [1.82, 2.24) is 0 Å². The van der Waals surface area contributed by atoms with Crippen molar-refractivity contribution in [2.24, 2.45) is 0 Å². The molecule has 0 fully saturated rings. The highest BCUT2D eigenvalue weighted by Crippen LogP contribution is 2.26. The number of benzene rings is 2. The highest BCUT2D eigenvalue weighted by molar-refractivity contribution is 5.56. The molecule has 2 N–H and O–H groups in total. The van der Waals surface area contributed by atoms with E-state index in [1.807, 2.05) is 19.1 Å². The molecule has 3 nitrogen and oxygen atoms in total. The van der Waals surface area contributed by atoms with Gasteiger partial charge in [-0.2, -0.15) is 8.78 Å². The molecule has 0 saturated heterocycles. The van der Waals surface area contributed by atoms with Gasteiger partial charge in [-0.15, -0.1) is 0 Å². The Hall–Kier alpha value is -2.30. The number of aromatic hydroxyl groups is 1. The van der Waals surface area contributed by atoms with E-state index in [4.69, 9.17) is 0 Å². The second-order valence-electron chi connectivity index (χ2n) is 4.79. The van der Waals surface area contributed by atoms with Gasteiger partial charge in [0.2, 0.25) is 0 Å². The summed E-state index contributed by atoms with van der Waals surface area (Å²) >= 11 is 0. The number of hydrogen-bond donors (Lipinski definition) is 2. The van der Waals surface area contributed by atoms with E-state index in [1.165, 1.54) is 6.07 Å². The molecular weight excluding hydrogens is 276 g/mol. The Labute approximate surface area is 122 Å². The predicted octanol–water partition coefficient (Wildman–Crippen LogP) is 4.04. The SMILES string of the molecule is CC(Cc1ccc(O)cc1)Nc1ccccc1OC(F)F. The third-order valence-electron chi connectivity index (χ3n) is 2.98. The van der Waals surface area contributed by atoms with Gasteiger partial charge < -0.3 is 15.2 Å². The Morgan fingerprint density at radius 1 is 1.10 bits per heavy atom. The summed E-state index contributed by atoms with van der Waals surface area (Å²) in [5, 5.41) is 12.4. The first-order valence-corrected chi connectivity index (χ1v) is 6.63. The number of anilines is 1. The molecular formula is C16H17F2NO2. The van der Waals surface area contributed by atoms with Gasteiger partial charge in [0.1, 0.15) is 11.5 Å². The lowest BCUT2D eigenvalue weighted by Crippen LogP contribution is -2.19. The van der Waals surface area contributed by atoms with Crippen molar-refractivity contribution in [2.45, 2.75) is 26.0 Å². The average molecular weight is 293 g/mol. The summed E-state index contributed by atoms with van der Waals surface area (Å²) in [5.41, 5.74) is 1.57. The Balaban J connectivity index is 2.02. The second-order valence-corrected chi connectivity index (χ2v) is 4.79. The van der Waals surface area contributed by atoms with Crippen molar-refractivity contribution >= 4 is 5.69 Å². The molecule has 0 aliphatic rings. The summed E-state index contributed by atoms with van der Waals surface area (Å²) in [4.78, 5) is 0. The highest BCUT2D eigenvalue weighted by Gasteiger charge is 2.11. The third kappa shape index (κ3) is 4.63. The van der Waals surface area contributed by atoms with Gasteiger partial charge in [-0.3, -0.25) is 0 Å². The smallest absolute Gasteiger partial charge is 0.387 e. The van der Waals surface area contributed by atoms with Crippen LogP contribution in [0.1, 0.15) is 12.5 Å². The standard InChI is InChI=1S/C16H17F2NO2/c1-11(10-12-6-8-13(20)9-7-12)19-14-4-2-3-5-15(14)21-16(17)18/h2-9,11,16,19-20H,10H2,1H3. The Morgan fingerprint density at radius 2 is 1.76 bits per heavy atom. The topological polar surface area (TPSA) is 41.5 Å². The first-order chi connectivity index (χ1) is 10.0. The van der Waals surface area contributed by atoms with Crippen molar-refractivity contribution in [3.05, 3.63) is 54.1 Å². The number of ether oxygens (including phenoxy) is 1. The van der Waals surface area contributed by atoms with E-state index >= 15 is 0 Å². The van der Waals surface area contributed by atoms with E-state index in [-0.39, 0.29) is 17.5 Å². The number of nitrogens with one attached hydrogen (secondary N) is 1. The van der Waals surface area contributed by atoms with Gasteiger partial charge in [0.15, 0.2) is 0 Å². The van der Waals surface area contributed by atoms with E-state index in [2.05, 4.69) is 10.1 Å². The quantitative estimate of drug-likeness (QED) is 0.844. The molecule has 0 spiro atoms. The lowest BCUT2D eigenvalue weighted by atomic mass is 10.1. The molecule has 112 valence electrons. The van der Waals surface area contributed by atoms with Crippen LogP contribution in [0, 0.1) is 0 Å². The number of phenolic OH excluding ortho intramolecular Hbond substituents is 1. The van der Waals surface area contributed by atoms with Crippen LogP contribution in [0.3, 0.4) is 0 Å². The fourth-order valence-corrected chi connectivity index (χ4v) is 2.09. The van der Waals surface area contributed by atoms with Gasteiger partial charge >= 0.3 is 6.61 Å². The summed E-state index contributed by atoms with van der Waals surface area (Å²) < 4.78 is 29.2. The van der Waals surface area contributed by atoms with Gasteiger partial charge in [0.25, 0.3) is 0 Å². The van der Waals surface area contributed by atoms with E-state index in [0.717, 1.165) is 5.56 Å². The fourth-order valence-electron chi connectivity index (χ4n) is 2.09. The molecule has 0 aliphatic carbocycles. The van der Waals surface area contributed by atoms with Crippen molar-refractivity contribution in [1.29, 1.82) is 0 Å². The first kappa shape index (κ1) is 15.1. The molecule has 1 atom stereocenters. The number of rotatable bonds is 6. The summed E-state index contributed by atoms with van der Waals surface area (Å²) in [6.07, 6.45) is 0.698. The third-order valence-corrected chi connectivity index (χ3v) is 2.98. The number of alkyl halides is 2. The van der Waals surface area contributed by atoms with Crippen LogP contribution in [0.5, 0.6) is 11.5 Å². The Kier molecular flexibility index (Phi) is 4.98. The van der Waals surface area contributed by atoms with Crippen LogP contribution in [0.2, 0.25) is 0 Å². The van der Waals surface area contributed by atoms with Gasteiger partial charge in [0, 0.05) is 6.04 Å². The number of para-hydroxylation sites is 2. The largest absolute Gasteiger partial charge is 0.508 e. The van der Waals surface area contributed by atoms with Crippen LogP contribution in [-0.2, 0) is 6.42 Å². The zero-order chi connectivity index (χ0) is 15.2. The van der Waals surface area contributed by atoms with E-state index in [0.29, 0.717) is 12.1 Å². The molecule has 0 radical (unpaired) electrons. The number of hydrogen-bond acceptors (Lipinski definition) is 3. The summed E-state index contributed by atoms with van der Waals surface area (Å²) in [6.45, 7) is -0.896. The maximum absolute atomic E-state index is 12.3. The highest BCUT2D eigenvalue weighted by atomic mass is 19.3. The van der Waals surface area contributed by atoms with Crippen LogP contribution in [-0.4, -0.2) is 17.8 Å². The van der Waals surface area contributed by atoms with Crippen LogP contribution in [0.25, 0.3) is 0 Å². The molecule has 5 heteroatoms. The molecule has 2 rings (SSSR count). The maximum atomic E-state index is 12.3. The second kappa shape index (κ2) is 6.92. The predicted molar refractivity (Wildman–Crippen MR) is 78.0 cm³/mol. The van der Waals surface area contributed by atoms with E-state index < -0.39 is 6.61 Å². The molecule has 2 aromatic carbocycles. The van der Waals surface area contributed by atoms with Crippen LogP contribution >= 0.6 is 0 Å². The van der Waals surface area contributed by atoms with Crippen LogP contribution in [0.4, 0.5) is 14.5 Å². The van der Waals surface area contributed by atoms with Crippen molar-refractivity contribution < 1.29 is 18.6 Å². The molecule has 0 aromatic heterocycles. The maximum Gasteiger partial charge on any atom is 0.387 e. The Bertz CT molecular complexity index is 573. The van der Waals surface area contributed by atoms with E-state index in [1.54, 1.807) is 30.3 Å². The summed E-state index contributed by atoms with van der Waals surface area (Å²) in [5.74, 6) is 0.347. The zero-order valence-corrected chi connectivity index (χ0v) is 11.6. The van der Waals surface area contributed by atoms with Gasteiger partial charge in [0.05, 0.1) is 5.69 Å². The molecule has 1 unspecified atom stereocenters. The summed E-state index contributed by atoms with van der Waals surface area (Å²) in [6, 6.07) is 13.5. The van der Waals surface area contributed by atoms with Crippen molar-refractivity contribution in [3.8, 4) is 11.5 Å².